The second kappa shape index (κ2) is 43.4. The van der Waals surface area contributed by atoms with E-state index in [-0.39, 0.29) is 0 Å². The number of nitrogens with zero attached hydrogens (tertiary/aromatic N) is 24. The fourth-order valence-electron chi connectivity index (χ4n) is 13.3. The standard InChI is InChI=1S/C28H28N2.C23H18N2.C19H14N6.2C18H13N7/c1-2-3-4-7-12-22-17-19-25(20-18-22)28-29-26(23-13-8-5-9-14-23)21-27(30-28)24-15-10-6-11-16-24;1-17-12-14-20(15-13-17)23-24-21(18-8-4-2-5-9-18)16-22(25-23)19-10-6-3-7-11-19;1-13-8-9-16(22-12-13)19-24-17(14-6-2-4-10-20-14)23-18(25-19)15-7-3-5-11-21-15;1-12-4-6-13(7-5-12)14-23-17(15-19-8-2-9-20-15)25-18(24-14)16-21-10-3-11-22-16;1-12-2-4-13(5-3-12)16-23-17(14-6-19-10-20-7-14)25-18(24-16)15-8-21-11-22-9-15/h5-6,8-11,13-21H,2-4,7,12H2,1H3;2-16H,1H3;2-12H,1H3;2*2-11H,1H3. The summed E-state index contributed by atoms with van der Waals surface area (Å²) in [6, 6.07) is 97.0. The summed E-state index contributed by atoms with van der Waals surface area (Å²) in [4.78, 5) is 106. The number of rotatable bonds is 20. The average Bonchev–Trinajstić information content (AvgIpc) is 0.820. The van der Waals surface area contributed by atoms with Crippen molar-refractivity contribution in [2.24, 2.45) is 0 Å². The quantitative estimate of drug-likeness (QED) is 0.0640. The summed E-state index contributed by atoms with van der Waals surface area (Å²) in [5, 5.41) is 0. The highest BCUT2D eigenvalue weighted by molar-refractivity contribution is 5.75. The summed E-state index contributed by atoms with van der Waals surface area (Å²) in [5.41, 5.74) is 21.5. The Kier molecular flexibility index (Phi) is 28.8. The van der Waals surface area contributed by atoms with Crippen LogP contribution >= 0.6 is 0 Å². The molecule has 0 atom stereocenters. The number of benzene rings is 8. The van der Waals surface area contributed by atoms with Gasteiger partial charge in [0.2, 0.25) is 11.6 Å². The Morgan fingerprint density at radius 3 is 0.808 bits per heavy atom. The molecule has 12 heterocycles. The smallest absolute Gasteiger partial charge is 0.201 e. The largest absolute Gasteiger partial charge is 0.253 e. The molecular formula is C106H86N24. The SMILES string of the molecule is CCCCCCc1ccc(-c2nc(-c3ccccc3)cc(-c3ccccc3)n2)cc1.Cc1ccc(-c2nc(-c3ccccc3)cc(-c3ccccc3)n2)cc1.Cc1ccc(-c2nc(-c3ccccn3)nc(-c3ccccn3)n2)nc1.Cc1ccc(-c2nc(-c3cncnc3)nc(-c3cncnc3)n2)cc1.Cc1ccc(-c2nc(-c3ncccn3)nc(-c3ncccn3)n2)cc1. The van der Waals surface area contributed by atoms with Crippen molar-refractivity contribution in [2.45, 2.75) is 66.7 Å². The summed E-state index contributed by atoms with van der Waals surface area (Å²) in [6.07, 6.45) is 27.7. The molecule has 20 aromatic rings. The van der Waals surface area contributed by atoms with Gasteiger partial charge in [-0.2, -0.15) is 0 Å². The number of aromatic nitrogens is 24. The maximum atomic E-state index is 4.90. The maximum absolute atomic E-state index is 4.90. The van der Waals surface area contributed by atoms with E-state index in [1.165, 1.54) is 55.0 Å². The van der Waals surface area contributed by atoms with Crippen molar-refractivity contribution >= 4 is 0 Å². The lowest BCUT2D eigenvalue weighted by Gasteiger charge is -2.10. The first-order valence-corrected chi connectivity index (χ1v) is 42.4. The molecule has 24 nitrogen and oxygen atoms in total. The van der Waals surface area contributed by atoms with Crippen molar-refractivity contribution in [3.05, 3.63) is 400 Å². The predicted octanol–water partition coefficient (Wildman–Crippen LogP) is 22.3. The zero-order chi connectivity index (χ0) is 88.8. The van der Waals surface area contributed by atoms with Crippen molar-refractivity contribution in [1.82, 2.24) is 120 Å². The topological polar surface area (TPSA) is 309 Å². The van der Waals surface area contributed by atoms with Gasteiger partial charge < -0.3 is 0 Å². The van der Waals surface area contributed by atoms with Crippen molar-refractivity contribution in [3.63, 3.8) is 0 Å². The number of pyridine rings is 3. The zero-order valence-corrected chi connectivity index (χ0v) is 72.0. The molecule has 8 aromatic carbocycles. The molecule has 12 aromatic heterocycles. The van der Waals surface area contributed by atoms with Gasteiger partial charge in [0, 0.05) is 113 Å². The van der Waals surface area contributed by atoms with Crippen LogP contribution in [0.5, 0.6) is 0 Å². The molecule has 0 saturated carbocycles. The Balaban J connectivity index is 0.000000119. The van der Waals surface area contributed by atoms with E-state index in [2.05, 4.69) is 223 Å². The minimum Gasteiger partial charge on any atom is -0.253 e. The van der Waals surface area contributed by atoms with E-state index in [1.807, 2.05) is 191 Å². The van der Waals surface area contributed by atoms with Crippen LogP contribution in [0.25, 0.3) is 171 Å². The van der Waals surface area contributed by atoms with Gasteiger partial charge in [-0.1, -0.05) is 279 Å². The summed E-state index contributed by atoms with van der Waals surface area (Å²) >= 11 is 0. The molecule has 0 amide bonds. The highest BCUT2D eigenvalue weighted by atomic mass is 15.1. The Morgan fingerprint density at radius 1 is 0.185 bits per heavy atom. The number of aryl methyl sites for hydroxylation is 5. The highest BCUT2D eigenvalue weighted by Gasteiger charge is 2.20. The molecule has 630 valence electrons. The number of hydrogen-bond donors (Lipinski definition) is 0. The molecule has 0 aliphatic carbocycles. The maximum Gasteiger partial charge on any atom is 0.201 e. The molecule has 0 N–H and O–H groups in total. The molecule has 20 rings (SSSR count). The Hall–Kier alpha value is -17.3. The van der Waals surface area contributed by atoms with Gasteiger partial charge in [-0.25, -0.2) is 105 Å². The van der Waals surface area contributed by atoms with Gasteiger partial charge in [0.25, 0.3) is 0 Å². The van der Waals surface area contributed by atoms with E-state index >= 15 is 0 Å². The third-order valence-corrected chi connectivity index (χ3v) is 20.2. The molecule has 0 spiro atoms. The molecule has 0 radical (unpaired) electrons. The summed E-state index contributed by atoms with van der Waals surface area (Å²) in [7, 11) is 0. The summed E-state index contributed by atoms with van der Waals surface area (Å²) in [5.74, 6) is 6.74. The van der Waals surface area contributed by atoms with Crippen LogP contribution < -0.4 is 0 Å². The second-order valence-electron chi connectivity index (χ2n) is 30.0. The van der Waals surface area contributed by atoms with Gasteiger partial charge in [-0.15, -0.1) is 0 Å². The minimum atomic E-state index is 0.383. The van der Waals surface area contributed by atoms with E-state index in [1.54, 1.807) is 80.3 Å². The predicted molar refractivity (Wildman–Crippen MR) is 508 cm³/mol. The zero-order valence-electron chi connectivity index (χ0n) is 72.0. The van der Waals surface area contributed by atoms with Crippen LogP contribution in [-0.4, -0.2) is 120 Å². The third-order valence-electron chi connectivity index (χ3n) is 20.2. The first-order valence-electron chi connectivity index (χ1n) is 42.4. The average molecular weight is 1700 g/mol. The lowest BCUT2D eigenvalue weighted by atomic mass is 10.0. The minimum absolute atomic E-state index is 0.383. The molecular weight excluding hydrogens is 1610 g/mol. The van der Waals surface area contributed by atoms with Crippen LogP contribution in [0.3, 0.4) is 0 Å². The molecule has 130 heavy (non-hydrogen) atoms. The third kappa shape index (κ3) is 23.4. The van der Waals surface area contributed by atoms with Crippen molar-refractivity contribution in [3.8, 4) is 171 Å². The van der Waals surface area contributed by atoms with Crippen LogP contribution in [0.4, 0.5) is 0 Å². The lowest BCUT2D eigenvalue weighted by Crippen LogP contribution is -2.03. The van der Waals surface area contributed by atoms with E-state index in [9.17, 15) is 0 Å². The van der Waals surface area contributed by atoms with Gasteiger partial charge in [0.05, 0.1) is 33.9 Å². The molecule has 24 heteroatoms. The normalized spacial score (nSPS) is 10.7. The molecule has 0 aliphatic heterocycles. The first-order chi connectivity index (χ1) is 64.0. The van der Waals surface area contributed by atoms with Crippen LogP contribution in [0.2, 0.25) is 0 Å². The molecule has 0 saturated heterocycles. The van der Waals surface area contributed by atoms with Crippen molar-refractivity contribution < 1.29 is 0 Å². The van der Waals surface area contributed by atoms with E-state index in [0.717, 1.165) is 108 Å². The molecule has 0 bridgehead atoms. The number of hydrogen-bond acceptors (Lipinski definition) is 24. The monoisotopic (exact) mass is 1690 g/mol. The second-order valence-corrected chi connectivity index (χ2v) is 30.0. The molecule has 0 fully saturated rings. The van der Waals surface area contributed by atoms with Crippen LogP contribution in [0, 0.1) is 27.7 Å². The van der Waals surface area contributed by atoms with E-state index in [4.69, 9.17) is 19.9 Å². The first kappa shape index (κ1) is 86.2. The fraction of sp³-hybridized carbons (Fsp3) is 0.0943. The van der Waals surface area contributed by atoms with Gasteiger partial charge in [0.15, 0.2) is 64.1 Å². The van der Waals surface area contributed by atoms with Gasteiger partial charge in [-0.3, -0.25) is 15.0 Å². The van der Waals surface area contributed by atoms with Crippen LogP contribution in [-0.2, 0) is 6.42 Å². The number of unbranched alkanes of at least 4 members (excludes halogenated alkanes) is 3. The van der Waals surface area contributed by atoms with E-state index in [0.29, 0.717) is 81.2 Å². The van der Waals surface area contributed by atoms with Gasteiger partial charge in [-0.05, 0) is 106 Å². The van der Waals surface area contributed by atoms with Gasteiger partial charge >= 0.3 is 0 Å². The van der Waals surface area contributed by atoms with E-state index < -0.39 is 0 Å². The Morgan fingerprint density at radius 2 is 0.477 bits per heavy atom. The summed E-state index contributed by atoms with van der Waals surface area (Å²) < 4.78 is 0. The Bertz CT molecular complexity index is 6010. The van der Waals surface area contributed by atoms with Crippen molar-refractivity contribution in [2.75, 3.05) is 0 Å². The molecule has 0 unspecified atom stereocenters. The lowest BCUT2D eigenvalue weighted by molar-refractivity contribution is 0.667. The Labute approximate surface area is 752 Å². The van der Waals surface area contributed by atoms with Crippen molar-refractivity contribution in [1.29, 1.82) is 0 Å². The highest BCUT2D eigenvalue weighted by Crippen LogP contribution is 2.33. The summed E-state index contributed by atoms with van der Waals surface area (Å²) in [6.45, 7) is 10.4. The van der Waals surface area contributed by atoms with Crippen LogP contribution in [0.1, 0.15) is 60.4 Å². The van der Waals surface area contributed by atoms with Crippen LogP contribution in [0.15, 0.2) is 372 Å². The fourth-order valence-corrected chi connectivity index (χ4v) is 13.3. The molecule has 0 aliphatic rings. The van der Waals surface area contributed by atoms with Gasteiger partial charge in [0.1, 0.15) is 29.7 Å².